The van der Waals surface area contributed by atoms with E-state index in [1.807, 2.05) is 31.2 Å². The van der Waals surface area contributed by atoms with Gasteiger partial charge >= 0.3 is 0 Å². The van der Waals surface area contributed by atoms with E-state index < -0.39 is 28.7 Å². The van der Waals surface area contributed by atoms with Gasteiger partial charge in [0.1, 0.15) is 5.82 Å². The lowest BCUT2D eigenvalue weighted by atomic mass is 10.1. The lowest BCUT2D eigenvalue weighted by molar-refractivity contribution is 0.0624. The fourth-order valence-electron chi connectivity index (χ4n) is 4.67. The Morgan fingerprint density at radius 1 is 1.02 bits per heavy atom. The molecule has 12 nitrogen and oxygen atoms in total. The van der Waals surface area contributed by atoms with Gasteiger partial charge in [-0.25, -0.2) is 4.98 Å². The SMILES string of the molecule is COc1c(C(=O)N2CCN(CCCNC(=O)c3cc(O)c(O)c(O)c3)CC2)nc(Cc2ccc(C)cc2)n(C)c1=O. The molecule has 2 aromatic carbocycles. The standard InChI is InChI=1S/C29H35N5O7/c1-18-5-7-19(8-6-18)15-23-31-24(26(41-3)29(40)32(23)2)28(39)34-13-11-33(12-14-34)10-4-9-30-27(38)20-16-21(35)25(37)22(36)17-20/h5-8,16-17,35-37H,4,9-15H2,1-3H3,(H,30,38). The van der Waals surface area contributed by atoms with Crippen LogP contribution in [-0.2, 0) is 13.5 Å². The molecule has 0 atom stereocenters. The number of hydrogen-bond donors (Lipinski definition) is 4. The molecule has 0 spiro atoms. The summed E-state index contributed by atoms with van der Waals surface area (Å²) < 4.78 is 6.73. The Labute approximate surface area is 237 Å². The number of phenolic OH excluding ortho intramolecular Hbond substituents is 3. The van der Waals surface area contributed by atoms with Crippen LogP contribution in [0, 0.1) is 6.92 Å². The second-order valence-corrected chi connectivity index (χ2v) is 10.0. The molecule has 12 heteroatoms. The molecule has 0 saturated carbocycles. The third-order valence-electron chi connectivity index (χ3n) is 7.16. The summed E-state index contributed by atoms with van der Waals surface area (Å²) in [5, 5.41) is 31.3. The van der Waals surface area contributed by atoms with Gasteiger partial charge in [0.05, 0.1) is 7.11 Å². The van der Waals surface area contributed by atoms with E-state index in [0.29, 0.717) is 57.9 Å². The first kappa shape index (κ1) is 29.4. The largest absolute Gasteiger partial charge is 0.504 e. The molecule has 1 fully saturated rings. The van der Waals surface area contributed by atoms with E-state index in [1.54, 1.807) is 11.9 Å². The van der Waals surface area contributed by atoms with Gasteiger partial charge in [-0.05, 0) is 37.6 Å². The first-order chi connectivity index (χ1) is 19.6. The predicted molar refractivity (Wildman–Crippen MR) is 151 cm³/mol. The number of aromatic hydroxyl groups is 3. The van der Waals surface area contributed by atoms with Gasteiger partial charge in [0.15, 0.2) is 22.9 Å². The minimum atomic E-state index is -0.675. The van der Waals surface area contributed by atoms with Crippen LogP contribution in [0.3, 0.4) is 0 Å². The summed E-state index contributed by atoms with van der Waals surface area (Å²) in [6, 6.07) is 10.1. The molecule has 0 unspecified atom stereocenters. The Morgan fingerprint density at radius 3 is 2.27 bits per heavy atom. The summed E-state index contributed by atoms with van der Waals surface area (Å²) in [7, 11) is 2.98. The number of methoxy groups -OCH3 is 1. The number of nitrogens with zero attached hydrogens (tertiary/aromatic N) is 4. The zero-order valence-corrected chi connectivity index (χ0v) is 23.4. The van der Waals surface area contributed by atoms with Crippen LogP contribution < -0.4 is 15.6 Å². The molecule has 1 aliphatic rings. The van der Waals surface area contributed by atoms with Gasteiger partial charge in [-0.15, -0.1) is 0 Å². The Kier molecular flexibility index (Phi) is 9.13. The number of ether oxygens (including phenoxy) is 1. The Hall–Kier alpha value is -4.58. The second kappa shape index (κ2) is 12.7. The van der Waals surface area contributed by atoms with Gasteiger partial charge in [-0.3, -0.25) is 23.9 Å². The van der Waals surface area contributed by atoms with Crippen molar-refractivity contribution >= 4 is 11.8 Å². The highest BCUT2D eigenvalue weighted by molar-refractivity contribution is 5.95. The molecular formula is C29H35N5O7. The van der Waals surface area contributed by atoms with E-state index in [0.717, 1.165) is 23.3 Å². The molecular weight excluding hydrogens is 530 g/mol. The molecule has 3 aromatic rings. The second-order valence-electron chi connectivity index (χ2n) is 10.0. The summed E-state index contributed by atoms with van der Waals surface area (Å²) >= 11 is 0. The molecule has 0 radical (unpaired) electrons. The van der Waals surface area contributed by atoms with Crippen molar-refractivity contribution in [3.8, 4) is 23.0 Å². The van der Waals surface area contributed by atoms with Crippen molar-refractivity contribution < 1.29 is 29.6 Å². The minimum Gasteiger partial charge on any atom is -0.504 e. The number of benzene rings is 2. The number of aromatic nitrogens is 2. The zero-order valence-electron chi connectivity index (χ0n) is 23.4. The van der Waals surface area contributed by atoms with Crippen molar-refractivity contribution in [1.82, 2.24) is 24.7 Å². The number of rotatable bonds is 9. The van der Waals surface area contributed by atoms with Crippen LogP contribution in [0.2, 0.25) is 0 Å². The number of aryl methyl sites for hydroxylation is 1. The van der Waals surface area contributed by atoms with E-state index in [2.05, 4.69) is 15.2 Å². The van der Waals surface area contributed by atoms with Gasteiger partial charge in [-0.1, -0.05) is 29.8 Å². The van der Waals surface area contributed by atoms with Crippen LogP contribution >= 0.6 is 0 Å². The van der Waals surface area contributed by atoms with E-state index >= 15 is 0 Å². The average Bonchev–Trinajstić information content (AvgIpc) is 2.97. The summed E-state index contributed by atoms with van der Waals surface area (Å²) in [5.41, 5.74) is 1.74. The minimum absolute atomic E-state index is 0.0141. The van der Waals surface area contributed by atoms with E-state index in [9.17, 15) is 29.7 Å². The van der Waals surface area contributed by atoms with Crippen molar-refractivity contribution in [2.75, 3.05) is 46.4 Å². The quantitative estimate of drug-likeness (QED) is 0.222. The third kappa shape index (κ3) is 6.77. The van der Waals surface area contributed by atoms with Gasteiger partial charge in [0.2, 0.25) is 5.75 Å². The maximum atomic E-state index is 13.5. The number of carbonyl (C=O) groups excluding carboxylic acids is 2. The van der Waals surface area contributed by atoms with Gasteiger partial charge in [-0.2, -0.15) is 0 Å². The van der Waals surface area contributed by atoms with E-state index in [1.165, 1.54) is 11.7 Å². The zero-order chi connectivity index (χ0) is 29.7. The van der Waals surface area contributed by atoms with Crippen LogP contribution in [0.1, 0.15) is 44.2 Å². The van der Waals surface area contributed by atoms with Crippen molar-refractivity contribution in [3.05, 3.63) is 75.0 Å². The van der Waals surface area contributed by atoms with Crippen molar-refractivity contribution in [2.45, 2.75) is 19.8 Å². The van der Waals surface area contributed by atoms with E-state index in [-0.39, 0.29) is 22.9 Å². The summed E-state index contributed by atoms with van der Waals surface area (Å²) in [6.45, 7) is 5.17. The molecule has 41 heavy (non-hydrogen) atoms. The highest BCUT2D eigenvalue weighted by Gasteiger charge is 2.28. The third-order valence-corrected chi connectivity index (χ3v) is 7.16. The van der Waals surface area contributed by atoms with Crippen molar-refractivity contribution in [1.29, 1.82) is 0 Å². The van der Waals surface area contributed by atoms with Crippen molar-refractivity contribution in [3.63, 3.8) is 0 Å². The summed E-state index contributed by atoms with van der Waals surface area (Å²) in [4.78, 5) is 47.2. The number of hydrogen-bond acceptors (Lipinski definition) is 9. The fourth-order valence-corrected chi connectivity index (χ4v) is 4.67. The number of amides is 2. The maximum Gasteiger partial charge on any atom is 0.296 e. The van der Waals surface area contributed by atoms with Crippen molar-refractivity contribution in [2.24, 2.45) is 7.05 Å². The van der Waals surface area contributed by atoms with E-state index in [4.69, 9.17) is 4.74 Å². The molecule has 2 heterocycles. The molecule has 4 N–H and O–H groups in total. The molecule has 1 aromatic heterocycles. The van der Waals surface area contributed by atoms with Crippen LogP contribution in [0.4, 0.5) is 0 Å². The monoisotopic (exact) mass is 565 g/mol. The molecule has 0 bridgehead atoms. The van der Waals surface area contributed by atoms with Crippen LogP contribution in [-0.4, -0.2) is 92.9 Å². The molecule has 218 valence electrons. The average molecular weight is 566 g/mol. The Balaban J connectivity index is 1.32. The molecule has 0 aliphatic carbocycles. The van der Waals surface area contributed by atoms with Gasteiger partial charge < -0.3 is 30.3 Å². The Morgan fingerprint density at radius 2 is 1.66 bits per heavy atom. The smallest absolute Gasteiger partial charge is 0.296 e. The van der Waals surface area contributed by atoms with Gasteiger partial charge in [0, 0.05) is 51.8 Å². The molecule has 4 rings (SSSR count). The summed E-state index contributed by atoms with van der Waals surface area (Å²) in [5.74, 6) is -2.26. The predicted octanol–water partition coefficient (Wildman–Crippen LogP) is 1.38. The van der Waals surface area contributed by atoms with Crippen LogP contribution in [0.5, 0.6) is 23.0 Å². The van der Waals surface area contributed by atoms with Gasteiger partial charge in [0.25, 0.3) is 17.4 Å². The number of phenols is 3. The molecule has 1 aliphatic heterocycles. The first-order valence-electron chi connectivity index (χ1n) is 13.3. The van der Waals surface area contributed by atoms with Crippen LogP contribution in [0.15, 0.2) is 41.2 Å². The number of piperazine rings is 1. The topological polar surface area (TPSA) is 157 Å². The fraction of sp³-hybridized carbons (Fsp3) is 0.379. The number of carbonyl (C=O) groups is 2. The first-order valence-corrected chi connectivity index (χ1v) is 13.3. The number of nitrogens with one attached hydrogen (secondary N) is 1. The molecule has 2 amide bonds. The Bertz CT molecular complexity index is 1460. The molecule has 1 saturated heterocycles. The lowest BCUT2D eigenvalue weighted by Gasteiger charge is -2.34. The maximum absolute atomic E-state index is 13.5. The normalized spacial score (nSPS) is 13.7. The van der Waals surface area contributed by atoms with Crippen LogP contribution in [0.25, 0.3) is 0 Å². The highest BCUT2D eigenvalue weighted by Crippen LogP contribution is 2.35. The lowest BCUT2D eigenvalue weighted by Crippen LogP contribution is -2.49. The summed E-state index contributed by atoms with van der Waals surface area (Å²) in [6.07, 6.45) is 1.04. The highest BCUT2D eigenvalue weighted by atomic mass is 16.5.